The summed E-state index contributed by atoms with van der Waals surface area (Å²) in [6.07, 6.45) is 5.69. The van der Waals surface area contributed by atoms with Crippen LogP contribution >= 0.6 is 0 Å². The SMILES string of the molecule is CC(C)c1cnn2cnc(OC3CCN([C@@H](C)c4ccccc4)CC3)nc12. The van der Waals surface area contributed by atoms with Crippen molar-refractivity contribution in [3.63, 3.8) is 0 Å². The quantitative estimate of drug-likeness (QED) is 0.687. The number of hydrogen-bond donors (Lipinski definition) is 0. The van der Waals surface area contributed by atoms with Crippen LogP contribution in [0.4, 0.5) is 0 Å². The fraction of sp³-hybridized carbons (Fsp3) is 0.476. The lowest BCUT2D eigenvalue weighted by Crippen LogP contribution is -2.39. The molecule has 0 spiro atoms. The molecule has 1 atom stereocenters. The molecule has 6 nitrogen and oxygen atoms in total. The van der Waals surface area contributed by atoms with Crippen molar-refractivity contribution in [2.45, 2.75) is 51.7 Å². The van der Waals surface area contributed by atoms with Gasteiger partial charge < -0.3 is 4.74 Å². The van der Waals surface area contributed by atoms with E-state index in [1.165, 1.54) is 5.56 Å². The number of fused-ring (bicyclic) bond motifs is 1. The normalized spacial score (nSPS) is 17.5. The van der Waals surface area contributed by atoms with Crippen molar-refractivity contribution in [1.82, 2.24) is 24.5 Å². The first kappa shape index (κ1) is 17.9. The third-order valence-electron chi connectivity index (χ3n) is 5.48. The van der Waals surface area contributed by atoms with Crippen LogP contribution in [0.25, 0.3) is 5.65 Å². The molecule has 0 N–H and O–H groups in total. The number of ether oxygens (including phenoxy) is 1. The van der Waals surface area contributed by atoms with E-state index in [1.54, 1.807) is 10.8 Å². The van der Waals surface area contributed by atoms with E-state index in [2.05, 4.69) is 71.1 Å². The van der Waals surface area contributed by atoms with Gasteiger partial charge in [0.1, 0.15) is 12.4 Å². The first-order valence-electron chi connectivity index (χ1n) is 9.77. The van der Waals surface area contributed by atoms with Crippen LogP contribution in [0, 0.1) is 0 Å². The summed E-state index contributed by atoms with van der Waals surface area (Å²) in [5.74, 6) is 0.368. The van der Waals surface area contributed by atoms with Gasteiger partial charge in [0.05, 0.1) is 6.20 Å². The van der Waals surface area contributed by atoms with Gasteiger partial charge >= 0.3 is 6.01 Å². The van der Waals surface area contributed by atoms with Crippen LogP contribution in [-0.4, -0.2) is 43.7 Å². The molecule has 142 valence electrons. The average Bonchev–Trinajstić information content (AvgIpc) is 3.12. The highest BCUT2D eigenvalue weighted by molar-refractivity contribution is 5.47. The fourth-order valence-corrected chi connectivity index (χ4v) is 3.73. The van der Waals surface area contributed by atoms with Crippen LogP contribution in [0.5, 0.6) is 6.01 Å². The summed E-state index contributed by atoms with van der Waals surface area (Å²) >= 11 is 0. The minimum absolute atomic E-state index is 0.164. The number of hydrogen-bond acceptors (Lipinski definition) is 5. The zero-order valence-electron chi connectivity index (χ0n) is 16.2. The van der Waals surface area contributed by atoms with E-state index < -0.39 is 0 Å². The summed E-state index contributed by atoms with van der Waals surface area (Å²) in [5.41, 5.74) is 3.33. The summed E-state index contributed by atoms with van der Waals surface area (Å²) in [7, 11) is 0. The molecule has 0 radical (unpaired) electrons. The number of likely N-dealkylation sites (tertiary alicyclic amines) is 1. The lowest BCUT2D eigenvalue weighted by Gasteiger charge is -2.35. The first-order chi connectivity index (χ1) is 13.1. The molecule has 1 saturated heterocycles. The number of benzene rings is 1. The molecule has 1 aliphatic heterocycles. The molecule has 0 amide bonds. The molecule has 0 bridgehead atoms. The van der Waals surface area contributed by atoms with Gasteiger partial charge in [-0.3, -0.25) is 4.90 Å². The van der Waals surface area contributed by atoms with E-state index in [4.69, 9.17) is 4.74 Å². The van der Waals surface area contributed by atoms with Gasteiger partial charge in [-0.15, -0.1) is 0 Å². The highest BCUT2D eigenvalue weighted by atomic mass is 16.5. The van der Waals surface area contributed by atoms with E-state index in [0.717, 1.165) is 37.1 Å². The molecule has 2 aromatic heterocycles. The van der Waals surface area contributed by atoms with Crippen LogP contribution in [0.15, 0.2) is 42.9 Å². The minimum atomic E-state index is 0.164. The van der Waals surface area contributed by atoms with E-state index in [-0.39, 0.29) is 6.10 Å². The van der Waals surface area contributed by atoms with Crippen molar-refractivity contribution in [2.75, 3.05) is 13.1 Å². The summed E-state index contributed by atoms with van der Waals surface area (Å²) in [6, 6.07) is 11.6. The maximum Gasteiger partial charge on any atom is 0.320 e. The second-order valence-corrected chi connectivity index (χ2v) is 7.60. The van der Waals surface area contributed by atoms with Gasteiger partial charge in [-0.25, -0.2) is 4.52 Å². The second-order valence-electron chi connectivity index (χ2n) is 7.60. The number of piperidine rings is 1. The van der Waals surface area contributed by atoms with Gasteiger partial charge in [0, 0.05) is 24.7 Å². The summed E-state index contributed by atoms with van der Waals surface area (Å²) in [5, 5.41) is 4.32. The zero-order valence-corrected chi connectivity index (χ0v) is 16.2. The van der Waals surface area contributed by atoms with Gasteiger partial charge in [-0.05, 0) is 31.2 Å². The largest absolute Gasteiger partial charge is 0.460 e. The van der Waals surface area contributed by atoms with E-state index in [1.807, 2.05) is 6.20 Å². The lowest BCUT2D eigenvalue weighted by atomic mass is 10.0. The Morgan fingerprint density at radius 3 is 2.52 bits per heavy atom. The molecule has 6 heteroatoms. The second kappa shape index (κ2) is 7.64. The predicted molar refractivity (Wildman–Crippen MR) is 105 cm³/mol. The monoisotopic (exact) mass is 365 g/mol. The summed E-state index contributed by atoms with van der Waals surface area (Å²) in [4.78, 5) is 11.5. The van der Waals surface area contributed by atoms with Crippen LogP contribution in [0.2, 0.25) is 0 Å². The molecule has 1 aromatic carbocycles. The zero-order chi connectivity index (χ0) is 18.8. The third kappa shape index (κ3) is 3.81. The third-order valence-corrected chi connectivity index (χ3v) is 5.48. The Morgan fingerprint density at radius 1 is 1.07 bits per heavy atom. The summed E-state index contributed by atoms with van der Waals surface area (Å²) < 4.78 is 7.83. The predicted octanol–water partition coefficient (Wildman–Crippen LogP) is 3.85. The first-order valence-corrected chi connectivity index (χ1v) is 9.77. The number of rotatable bonds is 5. The van der Waals surface area contributed by atoms with Crippen LogP contribution < -0.4 is 4.74 Å². The van der Waals surface area contributed by atoms with E-state index in [9.17, 15) is 0 Å². The van der Waals surface area contributed by atoms with Crippen molar-refractivity contribution < 1.29 is 4.74 Å². The number of aromatic nitrogens is 4. The minimum Gasteiger partial charge on any atom is -0.460 e. The van der Waals surface area contributed by atoms with Gasteiger partial charge in [-0.2, -0.15) is 15.1 Å². The molecular formula is C21H27N5O. The molecule has 1 aliphatic rings. The van der Waals surface area contributed by atoms with Crippen molar-refractivity contribution in [3.05, 3.63) is 54.0 Å². The lowest BCUT2D eigenvalue weighted by molar-refractivity contribution is 0.0736. The van der Waals surface area contributed by atoms with Gasteiger partial charge in [-0.1, -0.05) is 44.2 Å². The van der Waals surface area contributed by atoms with Gasteiger partial charge in [0.2, 0.25) is 0 Å². The number of nitrogens with zero attached hydrogens (tertiary/aromatic N) is 5. The Kier molecular flexibility index (Phi) is 5.07. The highest BCUT2D eigenvalue weighted by Gasteiger charge is 2.25. The van der Waals surface area contributed by atoms with E-state index in [0.29, 0.717) is 18.0 Å². The van der Waals surface area contributed by atoms with Crippen molar-refractivity contribution in [2.24, 2.45) is 0 Å². The van der Waals surface area contributed by atoms with Gasteiger partial charge in [0.15, 0.2) is 5.65 Å². The van der Waals surface area contributed by atoms with Crippen LogP contribution in [0.3, 0.4) is 0 Å². The Bertz CT molecular complexity index is 884. The molecule has 27 heavy (non-hydrogen) atoms. The molecule has 0 saturated carbocycles. The molecule has 3 heterocycles. The van der Waals surface area contributed by atoms with Crippen molar-refractivity contribution in [3.8, 4) is 6.01 Å². The Balaban J connectivity index is 1.39. The molecule has 0 unspecified atom stereocenters. The van der Waals surface area contributed by atoms with Crippen LogP contribution in [-0.2, 0) is 0 Å². The molecular weight excluding hydrogens is 338 g/mol. The van der Waals surface area contributed by atoms with Crippen molar-refractivity contribution >= 4 is 5.65 Å². The standard InChI is InChI=1S/C21H27N5O/c1-15(2)19-13-23-26-14-22-21(24-20(19)26)27-18-9-11-25(12-10-18)16(3)17-7-5-4-6-8-17/h4-8,13-16,18H,9-12H2,1-3H3/t16-/m0/s1. The molecule has 3 aromatic rings. The topological polar surface area (TPSA) is 55.6 Å². The average molecular weight is 365 g/mol. The molecule has 4 rings (SSSR count). The summed E-state index contributed by atoms with van der Waals surface area (Å²) in [6.45, 7) is 8.60. The maximum atomic E-state index is 6.11. The van der Waals surface area contributed by atoms with Crippen LogP contribution in [0.1, 0.15) is 56.7 Å². The Hall–Kier alpha value is -2.47. The molecule has 0 aliphatic carbocycles. The van der Waals surface area contributed by atoms with Gasteiger partial charge in [0.25, 0.3) is 0 Å². The Morgan fingerprint density at radius 2 is 1.81 bits per heavy atom. The maximum absolute atomic E-state index is 6.11. The Labute approximate surface area is 160 Å². The molecule has 1 fully saturated rings. The highest BCUT2D eigenvalue weighted by Crippen LogP contribution is 2.26. The van der Waals surface area contributed by atoms with E-state index >= 15 is 0 Å². The fourth-order valence-electron chi connectivity index (χ4n) is 3.73. The van der Waals surface area contributed by atoms with Crippen molar-refractivity contribution in [1.29, 1.82) is 0 Å². The smallest absolute Gasteiger partial charge is 0.320 e.